The van der Waals surface area contributed by atoms with Crippen molar-refractivity contribution in [2.75, 3.05) is 5.84 Å². The van der Waals surface area contributed by atoms with Crippen molar-refractivity contribution in [2.45, 2.75) is 0 Å². The molecule has 5 rings (SSSR count). The average molecular weight is 363 g/mol. The van der Waals surface area contributed by atoms with Crippen LogP contribution in [-0.2, 0) is 0 Å². The first-order valence-corrected chi connectivity index (χ1v) is 8.12. The van der Waals surface area contributed by atoms with Gasteiger partial charge < -0.3 is 10.8 Å². The summed E-state index contributed by atoms with van der Waals surface area (Å²) in [6, 6.07) is 10.6. The monoisotopic (exact) mass is 363 g/mol. The Morgan fingerprint density at radius 2 is 1.30 bits per heavy atom. The van der Waals surface area contributed by atoms with E-state index in [0.717, 1.165) is 12.1 Å². The van der Waals surface area contributed by atoms with E-state index in [1.807, 2.05) is 0 Å². The first-order chi connectivity index (χ1) is 12.9. The van der Waals surface area contributed by atoms with Gasteiger partial charge in [-0.15, -0.1) is 0 Å². The minimum Gasteiger partial charge on any atom is -0.354 e. The Labute approximate surface area is 149 Å². The van der Waals surface area contributed by atoms with Crippen molar-refractivity contribution in [1.29, 1.82) is 0 Å². The van der Waals surface area contributed by atoms with Gasteiger partial charge in [0, 0.05) is 16.3 Å². The van der Waals surface area contributed by atoms with Crippen molar-refractivity contribution >= 4 is 43.6 Å². The molecule has 0 aliphatic heterocycles. The van der Waals surface area contributed by atoms with Crippen molar-refractivity contribution in [3.8, 4) is 0 Å². The maximum absolute atomic E-state index is 13.6. The fraction of sp³-hybridized carbons (Fsp3) is 0. The van der Waals surface area contributed by atoms with Crippen LogP contribution in [0.1, 0.15) is 0 Å². The number of pyridine rings is 2. The summed E-state index contributed by atoms with van der Waals surface area (Å²) in [5.41, 5.74) is 0.784. The van der Waals surface area contributed by atoms with Crippen LogP contribution < -0.4 is 16.7 Å². The van der Waals surface area contributed by atoms with Crippen LogP contribution in [-0.4, -0.2) is 9.66 Å². The number of fused-ring (bicyclic) bond motifs is 4. The molecule has 3 N–H and O–H groups in total. The second kappa shape index (κ2) is 5.14. The fourth-order valence-corrected chi connectivity index (χ4v) is 3.54. The second-order valence-corrected chi connectivity index (χ2v) is 6.42. The van der Waals surface area contributed by atoms with E-state index in [-0.39, 0.29) is 32.4 Å². The topological polar surface area (TPSA) is 80.9 Å². The highest BCUT2D eigenvalue weighted by Crippen LogP contribution is 2.23. The minimum absolute atomic E-state index is 0.148. The van der Waals surface area contributed by atoms with Gasteiger partial charge in [0.25, 0.3) is 0 Å². The SMILES string of the molecule is Nn1c2ccc(F)cc2c(=O)c2cc3[nH]c4ccc(F)cc4c(=O)c3cc21. The molecule has 0 unspecified atom stereocenters. The number of nitrogens with zero attached hydrogens (tertiary/aromatic N) is 1. The standard InChI is InChI=1S/C20H11F2N3O2/c21-9-1-3-15-11(5-9)19(26)12-8-18-14(7-16(12)24-15)20(27)13-6-10(22)2-4-17(13)25(18)23/h1-8H,23H2,(H,24,26). The highest BCUT2D eigenvalue weighted by Gasteiger charge is 2.14. The molecule has 27 heavy (non-hydrogen) atoms. The second-order valence-electron chi connectivity index (χ2n) is 6.42. The van der Waals surface area contributed by atoms with Gasteiger partial charge in [-0.2, -0.15) is 0 Å². The zero-order chi connectivity index (χ0) is 18.9. The number of H-pyrrole nitrogens is 1. The summed E-state index contributed by atoms with van der Waals surface area (Å²) in [7, 11) is 0. The first kappa shape index (κ1) is 15.5. The van der Waals surface area contributed by atoms with E-state index in [4.69, 9.17) is 5.84 Å². The molecule has 0 aliphatic rings. The van der Waals surface area contributed by atoms with Crippen molar-refractivity contribution in [1.82, 2.24) is 9.66 Å². The molecule has 0 saturated heterocycles. The third-order valence-corrected chi connectivity index (χ3v) is 4.84. The molecule has 0 aliphatic carbocycles. The molecule has 5 aromatic rings. The zero-order valence-corrected chi connectivity index (χ0v) is 13.7. The predicted octanol–water partition coefficient (Wildman–Crippen LogP) is 3.14. The van der Waals surface area contributed by atoms with Crippen molar-refractivity contribution < 1.29 is 8.78 Å². The van der Waals surface area contributed by atoms with E-state index in [9.17, 15) is 18.4 Å². The van der Waals surface area contributed by atoms with Gasteiger partial charge in [0.1, 0.15) is 11.6 Å². The van der Waals surface area contributed by atoms with Crippen LogP contribution in [0.2, 0.25) is 0 Å². The first-order valence-electron chi connectivity index (χ1n) is 8.12. The number of hydrogen-bond acceptors (Lipinski definition) is 3. The van der Waals surface area contributed by atoms with Crippen LogP contribution in [0.5, 0.6) is 0 Å². The van der Waals surface area contributed by atoms with Gasteiger partial charge in [-0.25, -0.2) is 8.78 Å². The predicted molar refractivity (Wildman–Crippen MR) is 101 cm³/mol. The van der Waals surface area contributed by atoms with Crippen molar-refractivity contribution in [3.05, 3.63) is 80.6 Å². The molecule has 7 heteroatoms. The van der Waals surface area contributed by atoms with Gasteiger partial charge in [0.05, 0.1) is 27.3 Å². The molecule has 0 atom stereocenters. The van der Waals surface area contributed by atoms with Gasteiger partial charge in [-0.05, 0) is 48.5 Å². The maximum atomic E-state index is 13.6. The van der Waals surface area contributed by atoms with Crippen LogP contribution in [0.4, 0.5) is 8.78 Å². The van der Waals surface area contributed by atoms with Crippen molar-refractivity contribution in [2.24, 2.45) is 0 Å². The van der Waals surface area contributed by atoms with E-state index in [2.05, 4.69) is 4.98 Å². The smallest absolute Gasteiger partial charge is 0.197 e. The lowest BCUT2D eigenvalue weighted by Crippen LogP contribution is -2.18. The largest absolute Gasteiger partial charge is 0.354 e. The molecular weight excluding hydrogens is 352 g/mol. The number of rotatable bonds is 0. The maximum Gasteiger partial charge on any atom is 0.197 e. The number of nitrogen functional groups attached to an aromatic ring is 1. The summed E-state index contributed by atoms with van der Waals surface area (Å²) in [6.45, 7) is 0. The summed E-state index contributed by atoms with van der Waals surface area (Å²) in [5.74, 6) is 5.08. The van der Waals surface area contributed by atoms with Crippen LogP contribution in [0, 0.1) is 11.6 Å². The summed E-state index contributed by atoms with van der Waals surface area (Å²) in [5, 5.41) is 0.881. The average Bonchev–Trinajstić information content (AvgIpc) is 2.66. The Hall–Kier alpha value is -3.74. The van der Waals surface area contributed by atoms with Gasteiger partial charge >= 0.3 is 0 Å². The van der Waals surface area contributed by atoms with E-state index in [1.165, 1.54) is 41.1 Å². The summed E-state index contributed by atoms with van der Waals surface area (Å²) < 4.78 is 28.4. The minimum atomic E-state index is -0.541. The lowest BCUT2D eigenvalue weighted by Gasteiger charge is -2.11. The Morgan fingerprint density at radius 3 is 2.07 bits per heavy atom. The number of nitrogens with one attached hydrogen (secondary N) is 1. The van der Waals surface area contributed by atoms with Crippen LogP contribution in [0.25, 0.3) is 43.6 Å². The number of aromatic nitrogens is 2. The number of benzene rings is 3. The lowest BCUT2D eigenvalue weighted by atomic mass is 10.0. The number of aromatic amines is 1. The molecule has 3 aromatic carbocycles. The molecule has 0 bridgehead atoms. The molecular formula is C20H11F2N3O2. The Kier molecular flexibility index (Phi) is 2.95. The van der Waals surface area contributed by atoms with Gasteiger partial charge in [0.2, 0.25) is 0 Å². The zero-order valence-electron chi connectivity index (χ0n) is 13.7. The summed E-state index contributed by atoms with van der Waals surface area (Å²) in [4.78, 5) is 28.7. The third-order valence-electron chi connectivity index (χ3n) is 4.84. The Morgan fingerprint density at radius 1 is 0.704 bits per heavy atom. The van der Waals surface area contributed by atoms with Crippen molar-refractivity contribution in [3.63, 3.8) is 0 Å². The fourth-order valence-electron chi connectivity index (χ4n) is 3.54. The highest BCUT2D eigenvalue weighted by molar-refractivity contribution is 6.03. The van der Waals surface area contributed by atoms with Gasteiger partial charge in [-0.3, -0.25) is 14.3 Å². The number of halogens is 2. The third kappa shape index (κ3) is 2.08. The van der Waals surface area contributed by atoms with E-state index < -0.39 is 11.6 Å². The Bertz CT molecular complexity index is 1550. The quantitative estimate of drug-likeness (QED) is 0.328. The van der Waals surface area contributed by atoms with E-state index in [1.54, 1.807) is 0 Å². The lowest BCUT2D eigenvalue weighted by molar-refractivity contribution is 0.629. The Balaban J connectivity index is 2.04. The molecule has 2 aromatic heterocycles. The van der Waals surface area contributed by atoms with E-state index in [0.29, 0.717) is 22.1 Å². The van der Waals surface area contributed by atoms with Crippen LogP contribution >= 0.6 is 0 Å². The molecule has 2 heterocycles. The normalized spacial score (nSPS) is 11.8. The van der Waals surface area contributed by atoms with Crippen LogP contribution in [0.3, 0.4) is 0 Å². The number of hydrogen-bond donors (Lipinski definition) is 2. The summed E-state index contributed by atoms with van der Waals surface area (Å²) in [6.07, 6.45) is 0. The molecule has 132 valence electrons. The molecule has 0 fully saturated rings. The number of nitrogens with two attached hydrogens (primary N) is 1. The van der Waals surface area contributed by atoms with E-state index >= 15 is 0 Å². The van der Waals surface area contributed by atoms with Crippen LogP contribution in [0.15, 0.2) is 58.1 Å². The van der Waals surface area contributed by atoms with Gasteiger partial charge in [0.15, 0.2) is 10.9 Å². The molecule has 0 saturated carbocycles. The summed E-state index contributed by atoms with van der Waals surface area (Å²) >= 11 is 0. The highest BCUT2D eigenvalue weighted by atomic mass is 19.1. The molecule has 5 nitrogen and oxygen atoms in total. The molecule has 0 spiro atoms. The molecule has 0 amide bonds. The van der Waals surface area contributed by atoms with Gasteiger partial charge in [-0.1, -0.05) is 0 Å². The molecule has 0 radical (unpaired) electrons.